The van der Waals surface area contributed by atoms with Crippen LogP contribution in [0.5, 0.6) is 5.75 Å². The first kappa shape index (κ1) is 22.9. The van der Waals surface area contributed by atoms with Crippen LogP contribution in [0.2, 0.25) is 0 Å². The number of oxime groups is 1. The Labute approximate surface area is 177 Å². The number of esters is 1. The van der Waals surface area contributed by atoms with Gasteiger partial charge in [-0.05, 0) is 68.0 Å². The van der Waals surface area contributed by atoms with Gasteiger partial charge in [-0.2, -0.15) is 0 Å². The van der Waals surface area contributed by atoms with E-state index in [0.29, 0.717) is 24.9 Å². The average Bonchev–Trinajstić information content (AvgIpc) is 3.23. The first-order chi connectivity index (χ1) is 14.0. The van der Waals surface area contributed by atoms with E-state index in [0.717, 1.165) is 24.8 Å². The normalized spacial score (nSPS) is 12.7. The number of hydrogen-bond donors (Lipinski definition) is 0. The van der Waals surface area contributed by atoms with Crippen LogP contribution in [0.3, 0.4) is 0 Å². The van der Waals surface area contributed by atoms with Crippen LogP contribution in [0.4, 0.5) is 0 Å². The third kappa shape index (κ3) is 7.54. The van der Waals surface area contributed by atoms with E-state index in [1.807, 2.05) is 24.3 Å². The van der Waals surface area contributed by atoms with Crippen molar-refractivity contribution in [2.75, 3.05) is 13.2 Å². The van der Waals surface area contributed by atoms with E-state index >= 15 is 0 Å². The van der Waals surface area contributed by atoms with Gasteiger partial charge in [0.15, 0.2) is 5.60 Å². The minimum absolute atomic E-state index is 0.360. The SMILES string of the molecule is CCCCOC(=O)C(C)(C)Oc1ccc(C=NOCC(CC)c2cccs2)cc1. The van der Waals surface area contributed by atoms with Gasteiger partial charge in [0.2, 0.25) is 0 Å². The molecule has 0 aliphatic rings. The number of carbonyl (C=O) groups excluding carboxylic acids is 1. The van der Waals surface area contributed by atoms with E-state index in [1.165, 1.54) is 4.88 Å². The van der Waals surface area contributed by atoms with E-state index in [-0.39, 0.29) is 5.97 Å². The van der Waals surface area contributed by atoms with E-state index in [9.17, 15) is 4.79 Å². The molecular formula is C23H31NO4S. The molecule has 6 heteroatoms. The van der Waals surface area contributed by atoms with Gasteiger partial charge in [0, 0.05) is 10.8 Å². The summed E-state index contributed by atoms with van der Waals surface area (Å²) in [5, 5.41) is 6.16. The Balaban J connectivity index is 1.83. The molecule has 158 valence electrons. The second-order valence-electron chi connectivity index (χ2n) is 7.32. The lowest BCUT2D eigenvalue weighted by atomic mass is 10.1. The van der Waals surface area contributed by atoms with E-state index in [2.05, 4.69) is 36.5 Å². The summed E-state index contributed by atoms with van der Waals surface area (Å²) in [6, 6.07) is 11.5. The summed E-state index contributed by atoms with van der Waals surface area (Å²) in [7, 11) is 0. The quantitative estimate of drug-likeness (QED) is 0.190. The molecule has 1 aromatic carbocycles. The molecule has 0 radical (unpaired) electrons. The Hall–Kier alpha value is -2.34. The Morgan fingerprint density at radius 1 is 1.21 bits per heavy atom. The van der Waals surface area contributed by atoms with Crippen molar-refractivity contribution in [3.63, 3.8) is 0 Å². The van der Waals surface area contributed by atoms with Crippen molar-refractivity contribution in [3.8, 4) is 5.75 Å². The van der Waals surface area contributed by atoms with E-state index < -0.39 is 5.60 Å². The summed E-state index contributed by atoms with van der Waals surface area (Å²) < 4.78 is 11.1. The minimum atomic E-state index is -1.04. The minimum Gasteiger partial charge on any atom is -0.476 e. The van der Waals surface area contributed by atoms with Crippen LogP contribution in [0.1, 0.15) is 63.3 Å². The van der Waals surface area contributed by atoms with Crippen LogP contribution < -0.4 is 4.74 Å². The van der Waals surface area contributed by atoms with E-state index in [1.54, 1.807) is 31.4 Å². The molecule has 0 saturated heterocycles. The van der Waals surface area contributed by atoms with Gasteiger partial charge in [-0.15, -0.1) is 11.3 Å². The number of ether oxygens (including phenoxy) is 2. The molecule has 0 bridgehead atoms. The fourth-order valence-electron chi connectivity index (χ4n) is 2.60. The molecule has 1 heterocycles. The van der Waals surface area contributed by atoms with Crippen LogP contribution in [0, 0.1) is 0 Å². The highest BCUT2D eigenvalue weighted by Crippen LogP contribution is 2.24. The highest BCUT2D eigenvalue weighted by Gasteiger charge is 2.31. The maximum absolute atomic E-state index is 12.2. The highest BCUT2D eigenvalue weighted by atomic mass is 32.1. The molecule has 29 heavy (non-hydrogen) atoms. The van der Waals surface area contributed by atoms with E-state index in [4.69, 9.17) is 14.3 Å². The van der Waals surface area contributed by atoms with Crippen LogP contribution in [-0.4, -0.2) is 31.0 Å². The Bertz CT molecular complexity index is 754. The van der Waals surface area contributed by atoms with Gasteiger partial charge in [-0.1, -0.05) is 31.5 Å². The van der Waals surface area contributed by atoms with Gasteiger partial charge >= 0.3 is 5.97 Å². The molecule has 1 aromatic heterocycles. The fraction of sp³-hybridized carbons (Fsp3) is 0.478. The second kappa shape index (κ2) is 11.6. The molecule has 5 nitrogen and oxygen atoms in total. The number of carbonyl (C=O) groups is 1. The lowest BCUT2D eigenvalue weighted by molar-refractivity contribution is -0.159. The summed E-state index contributed by atoms with van der Waals surface area (Å²) in [5.41, 5.74) is -0.145. The van der Waals surface area contributed by atoms with Crippen molar-refractivity contribution in [1.29, 1.82) is 0 Å². The molecule has 2 rings (SSSR count). The van der Waals surface area contributed by atoms with Crippen LogP contribution in [-0.2, 0) is 14.4 Å². The first-order valence-electron chi connectivity index (χ1n) is 10.1. The van der Waals surface area contributed by atoms with Gasteiger partial charge in [0.05, 0.1) is 12.8 Å². The molecule has 1 unspecified atom stereocenters. The van der Waals surface area contributed by atoms with Crippen molar-refractivity contribution in [1.82, 2.24) is 0 Å². The smallest absolute Gasteiger partial charge is 0.349 e. The van der Waals surface area contributed by atoms with Crippen molar-refractivity contribution in [3.05, 3.63) is 52.2 Å². The molecule has 0 N–H and O–H groups in total. The summed E-state index contributed by atoms with van der Waals surface area (Å²) in [4.78, 5) is 19.0. The van der Waals surface area contributed by atoms with Gasteiger partial charge < -0.3 is 14.3 Å². The third-order valence-electron chi connectivity index (χ3n) is 4.47. The van der Waals surface area contributed by atoms with Crippen LogP contribution >= 0.6 is 11.3 Å². The maximum atomic E-state index is 12.2. The summed E-state index contributed by atoms with van der Waals surface area (Å²) in [5.74, 6) is 0.604. The topological polar surface area (TPSA) is 57.1 Å². The number of benzene rings is 1. The lowest BCUT2D eigenvalue weighted by Crippen LogP contribution is -2.39. The molecule has 0 spiro atoms. The maximum Gasteiger partial charge on any atom is 0.349 e. The average molecular weight is 418 g/mol. The molecule has 0 saturated carbocycles. The molecule has 1 atom stereocenters. The number of thiophene rings is 1. The third-order valence-corrected chi connectivity index (χ3v) is 5.50. The molecule has 0 aliphatic carbocycles. The highest BCUT2D eigenvalue weighted by molar-refractivity contribution is 7.10. The van der Waals surface area contributed by atoms with Gasteiger partial charge in [-0.3, -0.25) is 0 Å². The van der Waals surface area contributed by atoms with Crippen LogP contribution in [0.15, 0.2) is 46.9 Å². The predicted octanol–water partition coefficient (Wildman–Crippen LogP) is 5.79. The standard InChI is InChI=1S/C23H31NO4S/c1-5-7-14-26-22(25)23(3,4)28-20-12-10-18(11-13-20)16-24-27-17-19(6-2)21-9-8-15-29-21/h8-13,15-16,19H,5-7,14,17H2,1-4H3. The number of rotatable bonds is 12. The van der Waals surface area contributed by atoms with Gasteiger partial charge in [0.1, 0.15) is 12.4 Å². The summed E-state index contributed by atoms with van der Waals surface area (Å²) >= 11 is 1.74. The zero-order valence-corrected chi connectivity index (χ0v) is 18.5. The molecule has 0 amide bonds. The van der Waals surface area contributed by atoms with Gasteiger partial charge in [-0.25, -0.2) is 4.79 Å². The molecule has 0 fully saturated rings. The van der Waals surface area contributed by atoms with Crippen molar-refractivity contribution < 1.29 is 19.1 Å². The molecular weight excluding hydrogens is 386 g/mol. The summed E-state index contributed by atoms with van der Waals surface area (Å²) in [6.07, 6.45) is 4.52. The number of nitrogens with zero attached hydrogens (tertiary/aromatic N) is 1. The van der Waals surface area contributed by atoms with Crippen molar-refractivity contribution >= 4 is 23.5 Å². The predicted molar refractivity (Wildman–Crippen MR) is 118 cm³/mol. The molecule has 2 aromatic rings. The largest absolute Gasteiger partial charge is 0.476 e. The van der Waals surface area contributed by atoms with Crippen molar-refractivity contribution in [2.45, 2.75) is 58.5 Å². The second-order valence-corrected chi connectivity index (χ2v) is 8.30. The van der Waals surface area contributed by atoms with Crippen molar-refractivity contribution in [2.24, 2.45) is 5.16 Å². The Morgan fingerprint density at radius 2 is 1.97 bits per heavy atom. The summed E-state index contributed by atoms with van der Waals surface area (Å²) in [6.45, 7) is 8.60. The fourth-order valence-corrected chi connectivity index (χ4v) is 3.50. The van der Waals surface area contributed by atoms with Crippen LogP contribution in [0.25, 0.3) is 0 Å². The molecule has 0 aliphatic heterocycles. The monoisotopic (exact) mass is 417 g/mol. The number of unbranched alkanes of at least 4 members (excludes halogenated alkanes) is 1. The van der Waals surface area contributed by atoms with Gasteiger partial charge in [0.25, 0.3) is 0 Å². The Morgan fingerprint density at radius 3 is 2.59 bits per heavy atom. The zero-order valence-electron chi connectivity index (χ0n) is 17.7. The first-order valence-corrected chi connectivity index (χ1v) is 11.0. The number of hydrogen-bond acceptors (Lipinski definition) is 6. The Kier molecular flexibility index (Phi) is 9.19. The lowest BCUT2D eigenvalue weighted by Gasteiger charge is -2.24. The zero-order chi connectivity index (χ0) is 21.1.